The van der Waals surface area contributed by atoms with Crippen LogP contribution in [0.2, 0.25) is 0 Å². The lowest BCUT2D eigenvalue weighted by molar-refractivity contribution is 0.0339. The van der Waals surface area contributed by atoms with E-state index in [4.69, 9.17) is 0 Å². The van der Waals surface area contributed by atoms with E-state index < -0.39 is 5.60 Å². The minimum Gasteiger partial charge on any atom is -0.385 e. The molecule has 4 nitrogen and oxygen atoms in total. The van der Waals surface area contributed by atoms with Gasteiger partial charge in [-0.05, 0) is 31.0 Å². The Bertz CT molecular complexity index is 687. The molecule has 4 heteroatoms. The highest BCUT2D eigenvalue weighted by molar-refractivity contribution is 6.21. The van der Waals surface area contributed by atoms with Crippen LogP contribution in [0.1, 0.15) is 39.6 Å². The van der Waals surface area contributed by atoms with E-state index in [1.165, 1.54) is 4.90 Å². The van der Waals surface area contributed by atoms with Gasteiger partial charge in [0.05, 0.1) is 16.7 Å². The maximum absolute atomic E-state index is 12.3. The highest BCUT2D eigenvalue weighted by Crippen LogP contribution is 2.27. The third-order valence-corrected chi connectivity index (χ3v) is 4.10. The number of fused-ring (bicyclic) bond motifs is 1. The molecule has 3 rings (SSSR count). The van der Waals surface area contributed by atoms with Gasteiger partial charge in [-0.15, -0.1) is 0 Å². The van der Waals surface area contributed by atoms with E-state index in [9.17, 15) is 14.7 Å². The molecular formula is C18H17NO3. The Hall–Kier alpha value is -2.46. The molecule has 0 saturated heterocycles. The molecule has 1 aliphatic rings. The molecule has 1 atom stereocenters. The number of carbonyl (C=O) groups excluding carboxylic acids is 2. The van der Waals surface area contributed by atoms with E-state index in [1.54, 1.807) is 31.2 Å². The standard InChI is InChI=1S/C18H17NO3/c1-18(22,13-7-3-2-4-8-13)11-12-19-16(20)14-9-5-6-10-15(14)17(19)21/h2-10,22H,11-12H2,1H3. The zero-order valence-electron chi connectivity index (χ0n) is 12.3. The van der Waals surface area contributed by atoms with Crippen molar-refractivity contribution in [2.45, 2.75) is 18.9 Å². The average Bonchev–Trinajstić information content (AvgIpc) is 2.78. The molecule has 0 bridgehead atoms. The molecule has 1 N–H and O–H groups in total. The van der Waals surface area contributed by atoms with Gasteiger partial charge >= 0.3 is 0 Å². The van der Waals surface area contributed by atoms with Gasteiger partial charge in [-0.1, -0.05) is 42.5 Å². The van der Waals surface area contributed by atoms with Crippen LogP contribution in [0.4, 0.5) is 0 Å². The molecule has 0 fully saturated rings. The van der Waals surface area contributed by atoms with E-state index in [2.05, 4.69) is 0 Å². The number of hydrogen-bond acceptors (Lipinski definition) is 3. The first-order valence-corrected chi connectivity index (χ1v) is 7.24. The smallest absolute Gasteiger partial charge is 0.261 e. The Labute approximate surface area is 129 Å². The highest BCUT2D eigenvalue weighted by Gasteiger charge is 2.36. The summed E-state index contributed by atoms with van der Waals surface area (Å²) in [5, 5.41) is 10.6. The van der Waals surface area contributed by atoms with Crippen molar-refractivity contribution in [3.05, 3.63) is 71.3 Å². The fourth-order valence-electron chi connectivity index (χ4n) is 2.71. The third kappa shape index (κ3) is 2.42. The third-order valence-electron chi connectivity index (χ3n) is 4.10. The topological polar surface area (TPSA) is 57.6 Å². The van der Waals surface area contributed by atoms with Crippen LogP contribution < -0.4 is 0 Å². The van der Waals surface area contributed by atoms with Crippen LogP contribution in [0.15, 0.2) is 54.6 Å². The minimum atomic E-state index is -1.09. The first-order chi connectivity index (χ1) is 10.5. The Morgan fingerprint density at radius 1 is 0.909 bits per heavy atom. The SMILES string of the molecule is CC(O)(CCN1C(=O)c2ccccc2C1=O)c1ccccc1. The molecular weight excluding hydrogens is 278 g/mol. The quantitative estimate of drug-likeness (QED) is 0.882. The predicted molar refractivity (Wildman–Crippen MR) is 82.4 cm³/mol. The number of hydrogen-bond donors (Lipinski definition) is 1. The normalized spacial score (nSPS) is 16.5. The van der Waals surface area contributed by atoms with E-state index in [-0.39, 0.29) is 18.4 Å². The van der Waals surface area contributed by atoms with Crippen LogP contribution in [-0.2, 0) is 5.60 Å². The number of benzene rings is 2. The van der Waals surface area contributed by atoms with Crippen molar-refractivity contribution in [1.82, 2.24) is 4.90 Å². The van der Waals surface area contributed by atoms with Gasteiger partial charge in [0.25, 0.3) is 11.8 Å². The number of carbonyl (C=O) groups is 2. The molecule has 0 aromatic heterocycles. The van der Waals surface area contributed by atoms with Crippen LogP contribution >= 0.6 is 0 Å². The summed E-state index contributed by atoms with van der Waals surface area (Å²) in [6.45, 7) is 1.88. The molecule has 2 amide bonds. The van der Waals surface area contributed by atoms with Crippen LogP contribution in [0.5, 0.6) is 0 Å². The van der Waals surface area contributed by atoms with Crippen molar-refractivity contribution in [3.63, 3.8) is 0 Å². The Morgan fingerprint density at radius 2 is 1.41 bits per heavy atom. The Balaban J connectivity index is 1.76. The number of imide groups is 1. The summed E-state index contributed by atoms with van der Waals surface area (Å²) in [6, 6.07) is 16.1. The molecule has 1 heterocycles. The van der Waals surface area contributed by atoms with Crippen molar-refractivity contribution in [2.24, 2.45) is 0 Å². The summed E-state index contributed by atoms with van der Waals surface area (Å²) in [6.07, 6.45) is 0.294. The lowest BCUT2D eigenvalue weighted by atomic mass is 9.92. The summed E-state index contributed by atoms with van der Waals surface area (Å²) >= 11 is 0. The zero-order chi connectivity index (χ0) is 15.7. The molecule has 22 heavy (non-hydrogen) atoms. The molecule has 2 aromatic rings. The minimum absolute atomic E-state index is 0.189. The van der Waals surface area contributed by atoms with Gasteiger partial charge in [0.2, 0.25) is 0 Å². The van der Waals surface area contributed by atoms with Crippen molar-refractivity contribution >= 4 is 11.8 Å². The monoisotopic (exact) mass is 295 g/mol. The van der Waals surface area contributed by atoms with Crippen molar-refractivity contribution in [2.75, 3.05) is 6.54 Å². The lowest BCUT2D eigenvalue weighted by Crippen LogP contribution is -2.35. The van der Waals surface area contributed by atoms with Crippen molar-refractivity contribution < 1.29 is 14.7 Å². The summed E-state index contributed by atoms with van der Waals surface area (Å²) in [4.78, 5) is 25.8. The maximum atomic E-state index is 12.3. The van der Waals surface area contributed by atoms with E-state index in [1.807, 2.05) is 30.3 Å². The Morgan fingerprint density at radius 3 is 1.95 bits per heavy atom. The average molecular weight is 295 g/mol. The van der Waals surface area contributed by atoms with E-state index in [0.29, 0.717) is 17.5 Å². The molecule has 0 spiro atoms. The van der Waals surface area contributed by atoms with E-state index in [0.717, 1.165) is 5.56 Å². The van der Waals surface area contributed by atoms with Gasteiger partial charge in [0, 0.05) is 6.54 Å². The van der Waals surface area contributed by atoms with Crippen LogP contribution in [0.3, 0.4) is 0 Å². The summed E-state index contributed by atoms with van der Waals surface area (Å²) in [7, 11) is 0. The first-order valence-electron chi connectivity index (χ1n) is 7.24. The van der Waals surface area contributed by atoms with Gasteiger partial charge in [0.15, 0.2) is 0 Å². The van der Waals surface area contributed by atoms with Gasteiger partial charge in [-0.25, -0.2) is 0 Å². The molecule has 1 unspecified atom stereocenters. The number of amides is 2. The molecule has 0 aliphatic carbocycles. The van der Waals surface area contributed by atoms with Crippen molar-refractivity contribution in [1.29, 1.82) is 0 Å². The van der Waals surface area contributed by atoms with Crippen molar-refractivity contribution in [3.8, 4) is 0 Å². The summed E-state index contributed by atoms with van der Waals surface area (Å²) in [5.74, 6) is -0.575. The first kappa shape index (κ1) is 14.5. The van der Waals surface area contributed by atoms with Crippen LogP contribution in [0, 0.1) is 0 Å². The van der Waals surface area contributed by atoms with Gasteiger partial charge in [0.1, 0.15) is 0 Å². The van der Waals surface area contributed by atoms with Gasteiger partial charge in [-0.2, -0.15) is 0 Å². The zero-order valence-corrected chi connectivity index (χ0v) is 12.3. The Kier molecular flexibility index (Phi) is 3.54. The predicted octanol–water partition coefficient (Wildman–Crippen LogP) is 2.58. The molecule has 0 saturated carbocycles. The summed E-state index contributed by atoms with van der Waals surface area (Å²) in [5.41, 5.74) is 0.557. The molecule has 1 aliphatic heterocycles. The fourth-order valence-corrected chi connectivity index (χ4v) is 2.71. The second kappa shape index (κ2) is 5.39. The number of rotatable bonds is 4. The fraction of sp³-hybridized carbons (Fsp3) is 0.222. The summed E-state index contributed by atoms with van der Waals surface area (Å²) < 4.78 is 0. The van der Waals surface area contributed by atoms with Gasteiger partial charge in [-0.3, -0.25) is 14.5 Å². The second-order valence-corrected chi connectivity index (χ2v) is 5.70. The maximum Gasteiger partial charge on any atom is 0.261 e. The largest absolute Gasteiger partial charge is 0.385 e. The van der Waals surface area contributed by atoms with E-state index >= 15 is 0 Å². The second-order valence-electron chi connectivity index (χ2n) is 5.70. The number of aliphatic hydroxyl groups is 1. The molecule has 0 radical (unpaired) electrons. The van der Waals surface area contributed by atoms with Crippen LogP contribution in [-0.4, -0.2) is 28.4 Å². The number of nitrogens with zero attached hydrogens (tertiary/aromatic N) is 1. The molecule has 112 valence electrons. The van der Waals surface area contributed by atoms with Gasteiger partial charge < -0.3 is 5.11 Å². The van der Waals surface area contributed by atoms with Crippen LogP contribution in [0.25, 0.3) is 0 Å². The lowest BCUT2D eigenvalue weighted by Gasteiger charge is -2.26. The molecule has 2 aromatic carbocycles. The highest BCUT2D eigenvalue weighted by atomic mass is 16.3.